The van der Waals surface area contributed by atoms with Crippen LogP contribution in [0.3, 0.4) is 0 Å². The van der Waals surface area contributed by atoms with Crippen LogP contribution in [0, 0.1) is 6.92 Å². The molecule has 2 aromatic rings. The van der Waals surface area contributed by atoms with Crippen LogP contribution < -0.4 is 10.6 Å². The maximum atomic E-state index is 11.2. The van der Waals surface area contributed by atoms with E-state index >= 15 is 0 Å². The third-order valence-corrected chi connectivity index (χ3v) is 3.19. The number of aromatic nitrogens is 2. The fourth-order valence-electron chi connectivity index (χ4n) is 1.58. The Kier molecular flexibility index (Phi) is 4.53. The number of carbonyl (C=O) groups excluding carboxylic acids is 1. The largest absolute Gasteiger partial charge is 0.338 e. The van der Waals surface area contributed by atoms with Gasteiger partial charge < -0.3 is 10.6 Å². The first-order valence-corrected chi connectivity index (χ1v) is 6.63. The third kappa shape index (κ3) is 3.45. The summed E-state index contributed by atoms with van der Waals surface area (Å²) in [5, 5.41) is 14.4. The molecule has 0 fully saturated rings. The molecule has 0 radical (unpaired) electrons. The van der Waals surface area contributed by atoms with Crippen molar-refractivity contribution in [3.8, 4) is 0 Å². The molecule has 0 aliphatic carbocycles. The zero-order chi connectivity index (χ0) is 14.5. The Morgan fingerprint density at radius 1 is 1.20 bits per heavy atom. The van der Waals surface area contributed by atoms with Crippen molar-refractivity contribution in [1.82, 2.24) is 10.2 Å². The summed E-state index contributed by atoms with van der Waals surface area (Å²) in [6.07, 6.45) is 0.406. The van der Waals surface area contributed by atoms with Crippen LogP contribution in [0.15, 0.2) is 30.3 Å². The van der Waals surface area contributed by atoms with E-state index in [1.165, 1.54) is 0 Å². The molecule has 104 valence electrons. The summed E-state index contributed by atoms with van der Waals surface area (Å²) in [4.78, 5) is 11.2. The van der Waals surface area contributed by atoms with Gasteiger partial charge in [-0.3, -0.25) is 4.79 Å². The van der Waals surface area contributed by atoms with E-state index < -0.39 is 0 Å². The number of halogens is 1. The Balaban J connectivity index is 2.11. The van der Waals surface area contributed by atoms with Crippen LogP contribution in [-0.2, 0) is 4.79 Å². The Morgan fingerprint density at radius 2 is 1.90 bits per heavy atom. The van der Waals surface area contributed by atoms with Crippen molar-refractivity contribution >= 4 is 34.8 Å². The molecule has 0 unspecified atom stereocenters. The van der Waals surface area contributed by atoms with Crippen molar-refractivity contribution < 1.29 is 4.79 Å². The summed E-state index contributed by atoms with van der Waals surface area (Å²) >= 11 is 6.06. The van der Waals surface area contributed by atoms with E-state index in [0.29, 0.717) is 23.1 Å². The summed E-state index contributed by atoms with van der Waals surface area (Å²) < 4.78 is 0. The van der Waals surface area contributed by atoms with Gasteiger partial charge in [0.2, 0.25) is 5.91 Å². The summed E-state index contributed by atoms with van der Waals surface area (Å²) in [7, 11) is 0. The molecule has 2 rings (SSSR count). The summed E-state index contributed by atoms with van der Waals surface area (Å²) in [5.41, 5.74) is 1.82. The zero-order valence-electron chi connectivity index (χ0n) is 11.3. The Morgan fingerprint density at radius 3 is 2.55 bits per heavy atom. The lowest BCUT2D eigenvalue weighted by Gasteiger charge is -2.09. The molecule has 0 saturated heterocycles. The van der Waals surface area contributed by atoms with Gasteiger partial charge >= 0.3 is 0 Å². The van der Waals surface area contributed by atoms with Gasteiger partial charge in [-0.05, 0) is 36.8 Å². The fraction of sp³-hybridized carbons (Fsp3) is 0.214. The van der Waals surface area contributed by atoms with Crippen molar-refractivity contribution in [2.75, 3.05) is 10.6 Å². The smallest absolute Gasteiger partial charge is 0.225 e. The monoisotopic (exact) mass is 290 g/mol. The van der Waals surface area contributed by atoms with Gasteiger partial charge in [0.15, 0.2) is 11.6 Å². The molecule has 0 aliphatic rings. The molecular weight excluding hydrogens is 276 g/mol. The molecule has 1 amide bonds. The quantitative estimate of drug-likeness (QED) is 0.904. The van der Waals surface area contributed by atoms with Gasteiger partial charge in [0, 0.05) is 17.1 Å². The lowest BCUT2D eigenvalue weighted by molar-refractivity contribution is -0.115. The van der Waals surface area contributed by atoms with Crippen molar-refractivity contribution in [3.05, 3.63) is 40.9 Å². The average Bonchev–Trinajstić information content (AvgIpc) is 2.46. The number of amides is 1. The number of hydrogen-bond acceptors (Lipinski definition) is 4. The molecule has 2 N–H and O–H groups in total. The number of hydrogen-bond donors (Lipinski definition) is 2. The molecule has 1 heterocycles. The molecule has 20 heavy (non-hydrogen) atoms. The third-order valence-electron chi connectivity index (χ3n) is 2.78. The van der Waals surface area contributed by atoms with Gasteiger partial charge in [0.1, 0.15) is 0 Å². The van der Waals surface area contributed by atoms with E-state index in [1.54, 1.807) is 19.1 Å². The van der Waals surface area contributed by atoms with Crippen molar-refractivity contribution in [3.63, 3.8) is 0 Å². The summed E-state index contributed by atoms with van der Waals surface area (Å²) in [6, 6.07) is 9.05. The second kappa shape index (κ2) is 6.34. The maximum absolute atomic E-state index is 11.2. The average molecular weight is 291 g/mol. The first kappa shape index (κ1) is 14.3. The van der Waals surface area contributed by atoms with E-state index in [1.807, 2.05) is 25.1 Å². The van der Waals surface area contributed by atoms with Crippen LogP contribution in [0.5, 0.6) is 0 Å². The minimum absolute atomic E-state index is 0.0919. The maximum Gasteiger partial charge on any atom is 0.225 e. The number of carbonyl (C=O) groups is 1. The highest BCUT2D eigenvalue weighted by molar-refractivity contribution is 6.31. The molecule has 1 aromatic heterocycles. The van der Waals surface area contributed by atoms with E-state index in [4.69, 9.17) is 11.6 Å². The molecule has 0 spiro atoms. The van der Waals surface area contributed by atoms with Crippen molar-refractivity contribution in [2.24, 2.45) is 0 Å². The number of nitrogens with zero attached hydrogens (tertiary/aromatic N) is 2. The Hall–Kier alpha value is -2.14. The first-order chi connectivity index (χ1) is 9.60. The van der Waals surface area contributed by atoms with Crippen molar-refractivity contribution in [1.29, 1.82) is 0 Å². The van der Waals surface area contributed by atoms with Crippen LogP contribution >= 0.6 is 11.6 Å². The number of benzene rings is 1. The van der Waals surface area contributed by atoms with Crippen LogP contribution in [0.25, 0.3) is 0 Å². The van der Waals surface area contributed by atoms with E-state index in [9.17, 15) is 4.79 Å². The number of nitrogens with one attached hydrogen (secondary N) is 2. The van der Waals surface area contributed by atoms with Crippen LogP contribution in [0.1, 0.15) is 18.9 Å². The zero-order valence-corrected chi connectivity index (χ0v) is 12.0. The first-order valence-electron chi connectivity index (χ1n) is 6.26. The minimum Gasteiger partial charge on any atom is -0.338 e. The van der Waals surface area contributed by atoms with E-state index in [2.05, 4.69) is 20.8 Å². The number of anilines is 3. The molecule has 1 aromatic carbocycles. The van der Waals surface area contributed by atoms with Gasteiger partial charge in [-0.25, -0.2) is 0 Å². The van der Waals surface area contributed by atoms with Gasteiger partial charge in [0.05, 0.1) is 0 Å². The highest BCUT2D eigenvalue weighted by atomic mass is 35.5. The topological polar surface area (TPSA) is 66.9 Å². The molecule has 0 saturated carbocycles. The minimum atomic E-state index is -0.0919. The Bertz CT molecular complexity index is 613. The molecule has 0 bridgehead atoms. The summed E-state index contributed by atoms with van der Waals surface area (Å²) in [6.45, 7) is 3.70. The van der Waals surface area contributed by atoms with E-state index in [-0.39, 0.29) is 5.91 Å². The standard InChI is InChI=1S/C14H15ClN4O/c1-3-14(20)17-13-8-7-12(18-19-13)16-11-6-4-5-10(15)9(11)2/h4-8H,3H2,1-2H3,(H,16,18)(H,17,19,20). The predicted octanol–water partition coefficient (Wildman–Crippen LogP) is 3.53. The molecule has 0 atom stereocenters. The van der Waals surface area contributed by atoms with Gasteiger partial charge in [-0.1, -0.05) is 24.6 Å². The predicted molar refractivity (Wildman–Crippen MR) is 80.4 cm³/mol. The normalized spacial score (nSPS) is 10.2. The SMILES string of the molecule is CCC(=O)Nc1ccc(Nc2cccc(Cl)c2C)nn1. The van der Waals surface area contributed by atoms with E-state index in [0.717, 1.165) is 11.3 Å². The van der Waals surface area contributed by atoms with Gasteiger partial charge in [0.25, 0.3) is 0 Å². The lowest BCUT2D eigenvalue weighted by Crippen LogP contribution is -2.11. The van der Waals surface area contributed by atoms with Crippen molar-refractivity contribution in [2.45, 2.75) is 20.3 Å². The van der Waals surface area contributed by atoms with Crippen LogP contribution in [0.4, 0.5) is 17.3 Å². The second-order valence-corrected chi connectivity index (χ2v) is 4.65. The van der Waals surface area contributed by atoms with Gasteiger partial charge in [-0.15, -0.1) is 10.2 Å². The second-order valence-electron chi connectivity index (χ2n) is 4.24. The molecular formula is C14H15ClN4O. The number of rotatable bonds is 4. The highest BCUT2D eigenvalue weighted by Gasteiger charge is 2.05. The van der Waals surface area contributed by atoms with Crippen LogP contribution in [0.2, 0.25) is 5.02 Å². The molecule has 6 heteroatoms. The fourth-order valence-corrected chi connectivity index (χ4v) is 1.75. The molecule has 0 aliphatic heterocycles. The Labute approximate surface area is 122 Å². The van der Waals surface area contributed by atoms with Crippen LogP contribution in [-0.4, -0.2) is 16.1 Å². The summed E-state index contributed by atoms with van der Waals surface area (Å²) in [5.74, 6) is 0.931. The highest BCUT2D eigenvalue weighted by Crippen LogP contribution is 2.25. The molecule has 5 nitrogen and oxygen atoms in total. The van der Waals surface area contributed by atoms with Gasteiger partial charge in [-0.2, -0.15) is 0 Å². The lowest BCUT2D eigenvalue weighted by atomic mass is 10.2.